The molecule has 1 aliphatic heterocycles. The second kappa shape index (κ2) is 10.9. The maximum Gasteiger partial charge on any atom is 0.228 e. The highest BCUT2D eigenvalue weighted by atomic mass is 16.2. The molecule has 3 rings (SSSR count). The number of benzene rings is 1. The van der Waals surface area contributed by atoms with Crippen LogP contribution >= 0.6 is 0 Å². The van der Waals surface area contributed by atoms with Gasteiger partial charge in [0.1, 0.15) is 0 Å². The van der Waals surface area contributed by atoms with Crippen molar-refractivity contribution in [1.29, 1.82) is 0 Å². The maximum absolute atomic E-state index is 13.2. The summed E-state index contributed by atoms with van der Waals surface area (Å²) in [7, 11) is 0. The average molecular weight is 420 g/mol. The van der Waals surface area contributed by atoms with E-state index in [0.29, 0.717) is 32.6 Å². The van der Waals surface area contributed by atoms with Gasteiger partial charge in [-0.1, -0.05) is 50.3 Å². The van der Waals surface area contributed by atoms with Gasteiger partial charge in [0, 0.05) is 44.5 Å². The van der Waals surface area contributed by atoms with Gasteiger partial charge in [-0.15, -0.1) is 6.58 Å². The van der Waals surface area contributed by atoms with E-state index in [1.807, 2.05) is 28.1 Å². The number of rotatable bonds is 8. The first kappa shape index (κ1) is 22.7. The standard InChI is InChI=1S/C26H33N3O2/c1-4-14-28-15-16-29(25(30)21(5-2)6-3)19-24(26(28)31)17-20-9-11-22(12-10-20)23-8-7-13-27-18-23/h4,7-13,18,21,24H,1,5-6,14-17,19H2,2-3H3/t24-/m1/s1. The van der Waals surface area contributed by atoms with Crippen LogP contribution in [-0.2, 0) is 16.0 Å². The lowest BCUT2D eigenvalue weighted by Gasteiger charge is -2.26. The molecule has 2 aromatic rings. The zero-order chi connectivity index (χ0) is 22.2. The molecule has 1 aromatic heterocycles. The molecule has 0 spiro atoms. The first-order chi connectivity index (χ1) is 15.1. The van der Waals surface area contributed by atoms with Gasteiger partial charge in [-0.2, -0.15) is 0 Å². The van der Waals surface area contributed by atoms with Crippen LogP contribution in [0.4, 0.5) is 0 Å². The van der Waals surface area contributed by atoms with Gasteiger partial charge in [-0.25, -0.2) is 0 Å². The maximum atomic E-state index is 13.2. The number of pyridine rings is 1. The SMILES string of the molecule is C=CCN1CCN(C(=O)C(CC)CC)C[C@@H](Cc2ccc(-c3cccnc3)cc2)C1=O. The summed E-state index contributed by atoms with van der Waals surface area (Å²) in [5.41, 5.74) is 3.27. The molecule has 31 heavy (non-hydrogen) atoms. The number of carbonyl (C=O) groups excluding carboxylic acids is 2. The number of hydrogen-bond donors (Lipinski definition) is 0. The third-order valence-electron chi connectivity index (χ3n) is 6.17. The summed E-state index contributed by atoms with van der Waals surface area (Å²) < 4.78 is 0. The number of nitrogens with zero attached hydrogens (tertiary/aromatic N) is 3. The van der Waals surface area contributed by atoms with E-state index in [2.05, 4.69) is 49.7 Å². The third kappa shape index (κ3) is 5.60. The third-order valence-corrected chi connectivity index (χ3v) is 6.17. The van der Waals surface area contributed by atoms with Crippen LogP contribution in [0.5, 0.6) is 0 Å². The van der Waals surface area contributed by atoms with Crippen molar-refractivity contribution in [3.05, 3.63) is 67.0 Å². The first-order valence-electron chi connectivity index (χ1n) is 11.2. The molecule has 0 saturated carbocycles. The molecule has 1 aliphatic rings. The summed E-state index contributed by atoms with van der Waals surface area (Å²) in [6.07, 6.45) is 7.65. The molecule has 1 fully saturated rings. The number of aromatic nitrogens is 1. The van der Waals surface area contributed by atoms with Gasteiger partial charge >= 0.3 is 0 Å². The lowest BCUT2D eigenvalue weighted by atomic mass is 9.95. The summed E-state index contributed by atoms with van der Waals surface area (Å²) in [5, 5.41) is 0. The number of carbonyl (C=O) groups is 2. The molecule has 0 N–H and O–H groups in total. The van der Waals surface area contributed by atoms with E-state index in [1.54, 1.807) is 12.3 Å². The normalized spacial score (nSPS) is 17.0. The van der Waals surface area contributed by atoms with Crippen LogP contribution in [0, 0.1) is 11.8 Å². The van der Waals surface area contributed by atoms with Crippen molar-refractivity contribution in [1.82, 2.24) is 14.8 Å². The van der Waals surface area contributed by atoms with Gasteiger partial charge in [0.2, 0.25) is 11.8 Å². The molecule has 5 heteroatoms. The molecular weight excluding hydrogens is 386 g/mol. The first-order valence-corrected chi connectivity index (χ1v) is 11.2. The van der Waals surface area contributed by atoms with E-state index in [4.69, 9.17) is 0 Å². The molecule has 2 heterocycles. The Bertz CT molecular complexity index is 875. The fourth-order valence-corrected chi connectivity index (χ4v) is 4.28. The summed E-state index contributed by atoms with van der Waals surface area (Å²) in [4.78, 5) is 34.2. The van der Waals surface area contributed by atoms with Crippen LogP contribution in [-0.4, -0.2) is 52.8 Å². The van der Waals surface area contributed by atoms with Crippen molar-refractivity contribution in [2.75, 3.05) is 26.2 Å². The Morgan fingerprint density at radius 2 is 1.90 bits per heavy atom. The second-order valence-corrected chi connectivity index (χ2v) is 8.21. The molecule has 164 valence electrons. The van der Waals surface area contributed by atoms with E-state index in [1.165, 1.54) is 0 Å². The number of hydrogen-bond acceptors (Lipinski definition) is 3. The van der Waals surface area contributed by atoms with E-state index in [-0.39, 0.29) is 23.7 Å². The second-order valence-electron chi connectivity index (χ2n) is 8.21. The molecule has 5 nitrogen and oxygen atoms in total. The molecule has 1 saturated heterocycles. The highest BCUT2D eigenvalue weighted by molar-refractivity contribution is 5.83. The molecule has 0 bridgehead atoms. The predicted octanol–water partition coefficient (Wildman–Crippen LogP) is 4.20. The monoisotopic (exact) mass is 419 g/mol. The predicted molar refractivity (Wildman–Crippen MR) is 124 cm³/mol. The minimum Gasteiger partial charge on any atom is -0.340 e. The van der Waals surface area contributed by atoms with Gasteiger partial charge < -0.3 is 9.80 Å². The molecule has 0 aliphatic carbocycles. The Kier molecular flexibility index (Phi) is 7.99. The molecule has 1 aromatic carbocycles. The fourth-order valence-electron chi connectivity index (χ4n) is 4.28. The van der Waals surface area contributed by atoms with Gasteiger partial charge in [-0.05, 0) is 42.0 Å². The zero-order valence-electron chi connectivity index (χ0n) is 18.7. The summed E-state index contributed by atoms with van der Waals surface area (Å²) in [6, 6.07) is 12.2. The van der Waals surface area contributed by atoms with Crippen LogP contribution in [0.2, 0.25) is 0 Å². The molecule has 0 radical (unpaired) electrons. The summed E-state index contributed by atoms with van der Waals surface area (Å²) in [5.74, 6) is 0.0664. The van der Waals surface area contributed by atoms with E-state index >= 15 is 0 Å². The topological polar surface area (TPSA) is 53.5 Å². The summed E-state index contributed by atoms with van der Waals surface area (Å²) in [6.45, 7) is 10.1. The van der Waals surface area contributed by atoms with Crippen molar-refractivity contribution in [2.24, 2.45) is 11.8 Å². The van der Waals surface area contributed by atoms with E-state index < -0.39 is 0 Å². The lowest BCUT2D eigenvalue weighted by Crippen LogP contribution is -2.40. The van der Waals surface area contributed by atoms with Crippen molar-refractivity contribution >= 4 is 11.8 Å². The van der Waals surface area contributed by atoms with Crippen molar-refractivity contribution in [3.8, 4) is 11.1 Å². The summed E-state index contributed by atoms with van der Waals surface area (Å²) >= 11 is 0. The van der Waals surface area contributed by atoms with Crippen molar-refractivity contribution < 1.29 is 9.59 Å². The van der Waals surface area contributed by atoms with Crippen molar-refractivity contribution in [3.63, 3.8) is 0 Å². The largest absolute Gasteiger partial charge is 0.340 e. The number of amides is 2. The van der Waals surface area contributed by atoms with Crippen LogP contribution in [0.1, 0.15) is 32.3 Å². The van der Waals surface area contributed by atoms with E-state index in [9.17, 15) is 9.59 Å². The zero-order valence-corrected chi connectivity index (χ0v) is 18.7. The fraction of sp³-hybridized carbons (Fsp3) is 0.423. The minimum atomic E-state index is -0.245. The Morgan fingerprint density at radius 1 is 1.16 bits per heavy atom. The van der Waals surface area contributed by atoms with Crippen LogP contribution in [0.3, 0.4) is 0 Å². The highest BCUT2D eigenvalue weighted by Crippen LogP contribution is 2.23. The Morgan fingerprint density at radius 3 is 2.52 bits per heavy atom. The highest BCUT2D eigenvalue weighted by Gasteiger charge is 2.33. The van der Waals surface area contributed by atoms with Gasteiger partial charge in [0.05, 0.1) is 5.92 Å². The Balaban J connectivity index is 1.79. The van der Waals surface area contributed by atoms with Crippen LogP contribution in [0.15, 0.2) is 61.4 Å². The molecular formula is C26H33N3O2. The van der Waals surface area contributed by atoms with Gasteiger partial charge in [0.15, 0.2) is 0 Å². The van der Waals surface area contributed by atoms with Gasteiger partial charge in [0.25, 0.3) is 0 Å². The average Bonchev–Trinajstić information content (AvgIpc) is 2.95. The smallest absolute Gasteiger partial charge is 0.228 e. The Labute approximate surface area is 185 Å². The van der Waals surface area contributed by atoms with E-state index in [0.717, 1.165) is 29.5 Å². The lowest BCUT2D eigenvalue weighted by molar-refractivity contribution is -0.136. The quantitative estimate of drug-likeness (QED) is 0.603. The Hall–Kier alpha value is -2.95. The van der Waals surface area contributed by atoms with Crippen LogP contribution in [0.25, 0.3) is 11.1 Å². The molecule has 2 amide bonds. The van der Waals surface area contributed by atoms with Crippen molar-refractivity contribution in [2.45, 2.75) is 33.1 Å². The molecule has 0 unspecified atom stereocenters. The van der Waals surface area contributed by atoms with Gasteiger partial charge in [-0.3, -0.25) is 14.6 Å². The molecule has 1 atom stereocenters. The minimum absolute atomic E-state index is 0.0282. The van der Waals surface area contributed by atoms with Crippen LogP contribution < -0.4 is 0 Å².